The first-order valence-electron chi connectivity index (χ1n) is 11.4. The highest BCUT2D eigenvalue weighted by Gasteiger charge is 2.33. The Morgan fingerprint density at radius 2 is 1.83 bits per heavy atom. The van der Waals surface area contributed by atoms with Gasteiger partial charge in [0.05, 0.1) is 17.2 Å². The van der Waals surface area contributed by atoms with Gasteiger partial charge in [0, 0.05) is 36.6 Å². The minimum Gasteiger partial charge on any atom is -0.478 e. The van der Waals surface area contributed by atoms with Gasteiger partial charge in [-0.3, -0.25) is 9.20 Å². The van der Waals surface area contributed by atoms with Gasteiger partial charge in [-0.05, 0) is 49.4 Å². The number of carboxylic acid groups (broad SMARTS) is 1. The van der Waals surface area contributed by atoms with Gasteiger partial charge in [0.2, 0.25) is 0 Å². The highest BCUT2D eigenvalue weighted by atomic mass is 19.4. The van der Waals surface area contributed by atoms with E-state index in [1.807, 2.05) is 4.90 Å². The average Bonchev–Trinajstić information content (AvgIpc) is 2.78. The maximum Gasteiger partial charge on any atom is 0.417 e. The monoisotopic (exact) mass is 506 g/mol. The lowest BCUT2D eigenvalue weighted by atomic mass is 9.83. The molecule has 0 unspecified atom stereocenters. The molecule has 11 heteroatoms. The molecule has 36 heavy (non-hydrogen) atoms. The molecule has 7 nitrogen and oxygen atoms in total. The molecule has 0 radical (unpaired) electrons. The van der Waals surface area contributed by atoms with E-state index in [1.165, 1.54) is 19.1 Å². The topological polar surface area (TPSA) is 86.9 Å². The number of anilines is 2. The number of aromatic carboxylic acids is 1. The van der Waals surface area contributed by atoms with Crippen molar-refractivity contribution in [2.45, 2.75) is 45.8 Å². The summed E-state index contributed by atoms with van der Waals surface area (Å²) in [4.78, 5) is 31.0. The number of pyridine rings is 1. The first-order chi connectivity index (χ1) is 16.7. The molecule has 1 aromatic carbocycles. The summed E-state index contributed by atoms with van der Waals surface area (Å²) in [6, 6.07) is 4.28. The molecule has 1 saturated heterocycles. The van der Waals surface area contributed by atoms with Crippen molar-refractivity contribution in [3.8, 4) is 0 Å². The number of nitrogens with zero attached hydrogens (tertiary/aromatic N) is 3. The van der Waals surface area contributed by atoms with E-state index in [9.17, 15) is 32.3 Å². The second kappa shape index (κ2) is 9.11. The second-order valence-corrected chi connectivity index (χ2v) is 9.84. The molecule has 3 aromatic rings. The SMILES string of the molecule is C[C@@H](Nc1ccc(F)cc1C(=O)O)c1cc(C(F)(F)F)cn2c(=O)cc(N3CCC(C)(C)CC3)nc12. The molecule has 0 aliphatic carbocycles. The highest BCUT2D eigenvalue weighted by molar-refractivity contribution is 5.94. The van der Waals surface area contributed by atoms with Gasteiger partial charge in [-0.25, -0.2) is 14.2 Å². The van der Waals surface area contributed by atoms with Crippen LogP contribution in [0, 0.1) is 11.2 Å². The van der Waals surface area contributed by atoms with Crippen molar-refractivity contribution in [2.24, 2.45) is 5.41 Å². The Morgan fingerprint density at radius 3 is 2.44 bits per heavy atom. The number of aromatic nitrogens is 2. The second-order valence-electron chi connectivity index (χ2n) is 9.84. The lowest BCUT2D eigenvalue weighted by Crippen LogP contribution is -2.38. The fraction of sp³-hybridized carbons (Fsp3) is 0.400. The third kappa shape index (κ3) is 5.14. The Morgan fingerprint density at radius 1 is 1.17 bits per heavy atom. The molecule has 0 spiro atoms. The summed E-state index contributed by atoms with van der Waals surface area (Å²) in [5.74, 6) is -1.79. The number of hydrogen-bond acceptors (Lipinski definition) is 5. The quantitative estimate of drug-likeness (QED) is 0.454. The summed E-state index contributed by atoms with van der Waals surface area (Å²) in [6.07, 6.45) is -2.28. The van der Waals surface area contributed by atoms with Crippen LogP contribution < -0.4 is 15.8 Å². The van der Waals surface area contributed by atoms with Crippen LogP contribution in [0.15, 0.2) is 41.3 Å². The highest BCUT2D eigenvalue weighted by Crippen LogP contribution is 2.35. The molecular formula is C25H26F4N4O3. The van der Waals surface area contributed by atoms with Crippen LogP contribution in [-0.2, 0) is 6.18 Å². The van der Waals surface area contributed by atoms with Crippen molar-refractivity contribution in [1.82, 2.24) is 9.38 Å². The number of carbonyl (C=O) groups is 1. The first kappa shape index (κ1) is 25.5. The van der Waals surface area contributed by atoms with E-state index < -0.39 is 35.1 Å². The third-order valence-corrected chi connectivity index (χ3v) is 6.59. The average molecular weight is 507 g/mol. The van der Waals surface area contributed by atoms with Crippen LogP contribution in [0.2, 0.25) is 0 Å². The zero-order valence-corrected chi connectivity index (χ0v) is 20.0. The van der Waals surface area contributed by atoms with Crippen molar-refractivity contribution in [3.05, 3.63) is 69.4 Å². The number of fused-ring (bicyclic) bond motifs is 1. The maximum absolute atomic E-state index is 13.7. The Balaban J connectivity index is 1.83. The van der Waals surface area contributed by atoms with Gasteiger partial charge >= 0.3 is 12.1 Å². The van der Waals surface area contributed by atoms with Gasteiger partial charge in [0.25, 0.3) is 5.56 Å². The molecule has 1 atom stereocenters. The maximum atomic E-state index is 13.7. The molecule has 2 N–H and O–H groups in total. The van der Waals surface area contributed by atoms with Crippen molar-refractivity contribution in [2.75, 3.05) is 23.3 Å². The van der Waals surface area contributed by atoms with E-state index in [0.29, 0.717) is 25.1 Å². The Labute approximate surface area is 204 Å². The van der Waals surface area contributed by atoms with Crippen LogP contribution >= 0.6 is 0 Å². The number of benzene rings is 1. The minimum absolute atomic E-state index is 0.0173. The molecule has 1 aliphatic rings. The molecule has 0 saturated carbocycles. The Kier molecular flexibility index (Phi) is 6.44. The van der Waals surface area contributed by atoms with Crippen molar-refractivity contribution in [1.29, 1.82) is 0 Å². The van der Waals surface area contributed by atoms with E-state index in [0.717, 1.165) is 35.4 Å². The molecular weight excluding hydrogens is 480 g/mol. The number of piperidine rings is 1. The Hall–Kier alpha value is -3.63. The number of rotatable bonds is 5. The zero-order chi connectivity index (χ0) is 26.4. The number of alkyl halides is 3. The van der Waals surface area contributed by atoms with E-state index in [2.05, 4.69) is 24.1 Å². The predicted molar refractivity (Wildman–Crippen MR) is 127 cm³/mol. The summed E-state index contributed by atoms with van der Waals surface area (Å²) >= 11 is 0. The van der Waals surface area contributed by atoms with Crippen molar-refractivity contribution in [3.63, 3.8) is 0 Å². The fourth-order valence-corrected chi connectivity index (χ4v) is 4.32. The van der Waals surface area contributed by atoms with Crippen LogP contribution in [0.1, 0.15) is 61.1 Å². The summed E-state index contributed by atoms with van der Waals surface area (Å²) in [5.41, 5.74) is -1.86. The van der Waals surface area contributed by atoms with Gasteiger partial charge in [0.15, 0.2) is 0 Å². The number of carboxylic acids is 1. The van der Waals surface area contributed by atoms with E-state index >= 15 is 0 Å². The van der Waals surface area contributed by atoms with Crippen LogP contribution in [-0.4, -0.2) is 33.6 Å². The molecule has 0 amide bonds. The molecule has 1 fully saturated rings. The van der Waals surface area contributed by atoms with Gasteiger partial charge < -0.3 is 15.3 Å². The van der Waals surface area contributed by atoms with Crippen molar-refractivity contribution >= 4 is 23.1 Å². The summed E-state index contributed by atoms with van der Waals surface area (Å²) < 4.78 is 55.5. The van der Waals surface area contributed by atoms with E-state index in [-0.39, 0.29) is 27.9 Å². The summed E-state index contributed by atoms with van der Waals surface area (Å²) in [5, 5.41) is 12.3. The van der Waals surface area contributed by atoms with Crippen LogP contribution in [0.5, 0.6) is 0 Å². The standard InChI is InChI=1S/C25H26F4N4O3/c1-14(30-19-5-4-16(26)11-18(19)23(35)36)17-10-15(25(27,28)29)13-33-21(34)12-20(31-22(17)33)32-8-6-24(2,3)7-9-32/h4-5,10-14,30H,6-9H2,1-3H3,(H,35,36)/t14-/m1/s1. The lowest BCUT2D eigenvalue weighted by Gasteiger charge is -2.37. The predicted octanol–water partition coefficient (Wildman–Crippen LogP) is 5.35. The smallest absolute Gasteiger partial charge is 0.417 e. The van der Waals surface area contributed by atoms with E-state index in [4.69, 9.17) is 0 Å². The normalized spacial score (nSPS) is 16.7. The molecule has 1 aliphatic heterocycles. The van der Waals surface area contributed by atoms with Crippen LogP contribution in [0.3, 0.4) is 0 Å². The summed E-state index contributed by atoms with van der Waals surface area (Å²) in [7, 11) is 0. The first-order valence-corrected chi connectivity index (χ1v) is 11.4. The number of nitrogens with one attached hydrogen (secondary N) is 1. The molecule has 3 heterocycles. The van der Waals surface area contributed by atoms with Crippen molar-refractivity contribution < 1.29 is 27.5 Å². The van der Waals surface area contributed by atoms with Gasteiger partial charge in [-0.2, -0.15) is 13.2 Å². The zero-order valence-electron chi connectivity index (χ0n) is 20.0. The molecule has 4 rings (SSSR count). The lowest BCUT2D eigenvalue weighted by molar-refractivity contribution is -0.137. The molecule has 192 valence electrons. The molecule has 0 bridgehead atoms. The minimum atomic E-state index is -4.73. The Bertz CT molecular complexity index is 1370. The van der Waals surface area contributed by atoms with Crippen LogP contribution in [0.25, 0.3) is 5.65 Å². The van der Waals surface area contributed by atoms with Crippen LogP contribution in [0.4, 0.5) is 29.1 Å². The van der Waals surface area contributed by atoms with Gasteiger partial charge in [-0.15, -0.1) is 0 Å². The fourth-order valence-electron chi connectivity index (χ4n) is 4.32. The third-order valence-electron chi connectivity index (χ3n) is 6.59. The summed E-state index contributed by atoms with van der Waals surface area (Å²) in [6.45, 7) is 7.12. The number of hydrogen-bond donors (Lipinski definition) is 2. The largest absolute Gasteiger partial charge is 0.478 e. The number of halogens is 4. The van der Waals surface area contributed by atoms with Gasteiger partial charge in [-0.1, -0.05) is 13.8 Å². The van der Waals surface area contributed by atoms with Gasteiger partial charge in [0.1, 0.15) is 17.3 Å². The van der Waals surface area contributed by atoms with E-state index in [1.54, 1.807) is 0 Å². The molecule has 2 aromatic heterocycles.